The summed E-state index contributed by atoms with van der Waals surface area (Å²) < 4.78 is 5.34. The molecule has 1 amide bonds. The summed E-state index contributed by atoms with van der Waals surface area (Å²) in [6, 6.07) is 0. The van der Waals surface area contributed by atoms with Gasteiger partial charge in [0.25, 0.3) is 5.91 Å². The first-order chi connectivity index (χ1) is 12.2. The van der Waals surface area contributed by atoms with Gasteiger partial charge >= 0.3 is 0 Å². The molecule has 1 aromatic heterocycles. The van der Waals surface area contributed by atoms with Crippen molar-refractivity contribution in [3.8, 4) is 0 Å². The molecule has 0 N–H and O–H groups in total. The molecule has 2 saturated heterocycles. The minimum absolute atomic E-state index is 0.0108. The summed E-state index contributed by atoms with van der Waals surface area (Å²) in [6.45, 7) is 6.97. The van der Waals surface area contributed by atoms with Crippen LogP contribution in [0.5, 0.6) is 0 Å². The van der Waals surface area contributed by atoms with Gasteiger partial charge in [-0.1, -0.05) is 12.8 Å². The number of anilines is 1. The zero-order valence-electron chi connectivity index (χ0n) is 15.2. The lowest BCUT2D eigenvalue weighted by Crippen LogP contribution is -2.38. The van der Waals surface area contributed by atoms with Gasteiger partial charge < -0.3 is 19.4 Å². The summed E-state index contributed by atoms with van der Waals surface area (Å²) >= 11 is 0. The fourth-order valence-corrected chi connectivity index (χ4v) is 3.33. The van der Waals surface area contributed by atoms with Gasteiger partial charge in [0.1, 0.15) is 0 Å². The predicted octanol–water partition coefficient (Wildman–Crippen LogP) is 1.26. The second-order valence-corrected chi connectivity index (χ2v) is 6.85. The van der Waals surface area contributed by atoms with Gasteiger partial charge in [0, 0.05) is 45.6 Å². The lowest BCUT2D eigenvalue weighted by molar-refractivity contribution is 0.0777. The van der Waals surface area contributed by atoms with E-state index in [-0.39, 0.29) is 5.91 Å². The summed E-state index contributed by atoms with van der Waals surface area (Å²) in [5.41, 5.74) is 0.551. The van der Waals surface area contributed by atoms with E-state index in [1.807, 2.05) is 7.05 Å². The molecular formula is C18H29N5O2. The first-order valence-corrected chi connectivity index (χ1v) is 9.36. The number of carbonyl (C=O) groups excluding carboxylic acids is 1. The van der Waals surface area contributed by atoms with E-state index in [0.29, 0.717) is 24.7 Å². The van der Waals surface area contributed by atoms with Gasteiger partial charge in [-0.15, -0.1) is 0 Å². The molecule has 1 aromatic rings. The van der Waals surface area contributed by atoms with Crippen LogP contribution in [0.15, 0.2) is 12.4 Å². The number of ether oxygens (including phenoxy) is 1. The zero-order chi connectivity index (χ0) is 17.5. The minimum Gasteiger partial charge on any atom is -0.378 e. The summed E-state index contributed by atoms with van der Waals surface area (Å²) in [5, 5.41) is 0. The van der Waals surface area contributed by atoms with Crippen LogP contribution in [0, 0.1) is 0 Å². The first kappa shape index (κ1) is 18.1. The van der Waals surface area contributed by atoms with Crippen molar-refractivity contribution in [3.63, 3.8) is 0 Å². The normalized spacial score (nSPS) is 19.5. The number of carbonyl (C=O) groups is 1. The Labute approximate surface area is 150 Å². The first-order valence-electron chi connectivity index (χ1n) is 9.36. The Balaban J connectivity index is 1.50. The Morgan fingerprint density at radius 3 is 2.36 bits per heavy atom. The van der Waals surface area contributed by atoms with Crippen molar-refractivity contribution in [1.29, 1.82) is 0 Å². The Kier molecular flexibility index (Phi) is 6.58. The smallest absolute Gasteiger partial charge is 0.256 e. The largest absolute Gasteiger partial charge is 0.378 e. The van der Waals surface area contributed by atoms with Crippen molar-refractivity contribution in [2.45, 2.75) is 25.7 Å². The highest BCUT2D eigenvalue weighted by molar-refractivity contribution is 5.93. The Morgan fingerprint density at radius 1 is 1.08 bits per heavy atom. The third-order valence-electron chi connectivity index (χ3n) is 4.98. The van der Waals surface area contributed by atoms with Crippen LogP contribution in [0.4, 0.5) is 5.95 Å². The number of nitrogens with zero attached hydrogens (tertiary/aromatic N) is 5. The van der Waals surface area contributed by atoms with Crippen LogP contribution >= 0.6 is 0 Å². The summed E-state index contributed by atoms with van der Waals surface area (Å²) in [5.74, 6) is 0.662. The molecule has 3 rings (SSSR count). The van der Waals surface area contributed by atoms with Crippen LogP contribution in [-0.4, -0.2) is 85.2 Å². The number of aromatic nitrogens is 2. The topological polar surface area (TPSA) is 61.8 Å². The van der Waals surface area contributed by atoms with Crippen molar-refractivity contribution in [1.82, 2.24) is 19.8 Å². The zero-order valence-corrected chi connectivity index (χ0v) is 15.2. The maximum absolute atomic E-state index is 12.6. The van der Waals surface area contributed by atoms with Crippen LogP contribution < -0.4 is 4.90 Å². The molecule has 7 nitrogen and oxygen atoms in total. The second kappa shape index (κ2) is 9.10. The van der Waals surface area contributed by atoms with Crippen molar-refractivity contribution in [2.75, 3.05) is 64.4 Å². The highest BCUT2D eigenvalue weighted by Crippen LogP contribution is 2.11. The molecule has 0 atom stereocenters. The van der Waals surface area contributed by atoms with Crippen molar-refractivity contribution >= 4 is 11.9 Å². The van der Waals surface area contributed by atoms with Gasteiger partial charge in [0.15, 0.2) is 0 Å². The third-order valence-corrected chi connectivity index (χ3v) is 4.98. The van der Waals surface area contributed by atoms with Crippen molar-refractivity contribution in [3.05, 3.63) is 18.0 Å². The standard InChI is InChI=1S/C18H29N5O2/c1-21(8-9-22-6-4-2-3-5-7-22)17(24)16-14-19-18(20-15-16)23-10-12-25-13-11-23/h14-15H,2-13H2,1H3. The molecule has 0 spiro atoms. The summed E-state index contributed by atoms with van der Waals surface area (Å²) in [4.78, 5) is 27.6. The number of likely N-dealkylation sites (N-methyl/N-ethyl adjacent to an activating group) is 1. The summed E-state index contributed by atoms with van der Waals surface area (Å²) in [7, 11) is 1.86. The molecular weight excluding hydrogens is 318 g/mol. The van der Waals surface area contributed by atoms with Crippen LogP contribution in [-0.2, 0) is 4.74 Å². The van der Waals surface area contributed by atoms with E-state index in [9.17, 15) is 4.79 Å². The van der Waals surface area contributed by atoms with Crippen molar-refractivity contribution in [2.24, 2.45) is 0 Å². The molecule has 7 heteroatoms. The van der Waals surface area contributed by atoms with E-state index in [0.717, 1.165) is 39.3 Å². The Hall–Kier alpha value is -1.73. The average molecular weight is 347 g/mol. The number of amides is 1. The van der Waals surface area contributed by atoms with Crippen LogP contribution in [0.2, 0.25) is 0 Å². The maximum Gasteiger partial charge on any atom is 0.256 e. The van der Waals surface area contributed by atoms with E-state index in [1.54, 1.807) is 17.3 Å². The fourth-order valence-electron chi connectivity index (χ4n) is 3.33. The molecule has 2 fully saturated rings. The Bertz CT molecular complexity index is 537. The van der Waals surface area contributed by atoms with E-state index >= 15 is 0 Å². The minimum atomic E-state index is -0.0108. The van der Waals surface area contributed by atoms with Gasteiger partial charge in [-0.3, -0.25) is 4.79 Å². The molecule has 2 aliphatic rings. The molecule has 0 unspecified atom stereocenters. The number of hydrogen-bond donors (Lipinski definition) is 0. The molecule has 2 aliphatic heterocycles. The number of rotatable bonds is 5. The molecule has 0 aliphatic carbocycles. The number of likely N-dealkylation sites (tertiary alicyclic amines) is 1. The SMILES string of the molecule is CN(CCN1CCCCCC1)C(=O)c1cnc(N2CCOCC2)nc1. The fraction of sp³-hybridized carbons (Fsp3) is 0.722. The Morgan fingerprint density at radius 2 is 1.72 bits per heavy atom. The van der Waals surface area contributed by atoms with E-state index in [4.69, 9.17) is 4.74 Å². The highest BCUT2D eigenvalue weighted by Gasteiger charge is 2.17. The van der Waals surface area contributed by atoms with Gasteiger partial charge in [-0.2, -0.15) is 0 Å². The molecule has 3 heterocycles. The summed E-state index contributed by atoms with van der Waals surface area (Å²) in [6.07, 6.45) is 8.49. The third kappa shape index (κ3) is 5.12. The van der Waals surface area contributed by atoms with Crippen LogP contribution in [0.1, 0.15) is 36.0 Å². The predicted molar refractivity (Wildman–Crippen MR) is 96.9 cm³/mol. The molecule has 0 bridgehead atoms. The highest BCUT2D eigenvalue weighted by atomic mass is 16.5. The monoisotopic (exact) mass is 347 g/mol. The average Bonchev–Trinajstić information content (AvgIpc) is 2.95. The second-order valence-electron chi connectivity index (χ2n) is 6.85. The number of hydrogen-bond acceptors (Lipinski definition) is 6. The van der Waals surface area contributed by atoms with E-state index < -0.39 is 0 Å². The molecule has 0 aromatic carbocycles. The van der Waals surface area contributed by atoms with Gasteiger partial charge in [0.2, 0.25) is 5.95 Å². The van der Waals surface area contributed by atoms with Crippen LogP contribution in [0.3, 0.4) is 0 Å². The lowest BCUT2D eigenvalue weighted by Gasteiger charge is -2.27. The van der Waals surface area contributed by atoms with Gasteiger partial charge in [-0.05, 0) is 25.9 Å². The maximum atomic E-state index is 12.6. The lowest BCUT2D eigenvalue weighted by atomic mass is 10.2. The van der Waals surface area contributed by atoms with Crippen molar-refractivity contribution < 1.29 is 9.53 Å². The van der Waals surface area contributed by atoms with Gasteiger partial charge in [0.05, 0.1) is 18.8 Å². The van der Waals surface area contributed by atoms with E-state index in [1.165, 1.54) is 25.7 Å². The number of morpholine rings is 1. The van der Waals surface area contributed by atoms with Crippen LogP contribution in [0.25, 0.3) is 0 Å². The van der Waals surface area contributed by atoms with Gasteiger partial charge in [-0.25, -0.2) is 9.97 Å². The molecule has 25 heavy (non-hydrogen) atoms. The van der Waals surface area contributed by atoms with E-state index in [2.05, 4.69) is 19.8 Å². The molecule has 0 radical (unpaired) electrons. The molecule has 138 valence electrons. The molecule has 0 saturated carbocycles. The quantitative estimate of drug-likeness (QED) is 0.799.